The van der Waals surface area contributed by atoms with Crippen molar-refractivity contribution in [3.63, 3.8) is 0 Å². The molecular formula is C15H15N3O4S. The molecule has 2 aromatic rings. The lowest BCUT2D eigenvalue weighted by molar-refractivity contribution is -0.127. The number of aromatic nitrogens is 1. The average Bonchev–Trinajstić information content (AvgIpc) is 2.89. The number of ether oxygens (including phenoxy) is 1. The molecule has 0 aliphatic rings. The van der Waals surface area contributed by atoms with Gasteiger partial charge in [0, 0.05) is 5.56 Å². The molecule has 0 unspecified atom stereocenters. The number of aryl methyl sites for hydroxylation is 1. The van der Waals surface area contributed by atoms with E-state index < -0.39 is 24.0 Å². The fourth-order valence-electron chi connectivity index (χ4n) is 1.78. The van der Waals surface area contributed by atoms with Crippen molar-refractivity contribution in [2.75, 3.05) is 0 Å². The van der Waals surface area contributed by atoms with E-state index in [4.69, 9.17) is 10.5 Å². The highest BCUT2D eigenvalue weighted by Crippen LogP contribution is 2.28. The second kappa shape index (κ2) is 7.01. The number of hydrogen-bond acceptors (Lipinski definition) is 6. The number of urea groups is 1. The first kappa shape index (κ1) is 16.6. The van der Waals surface area contributed by atoms with Gasteiger partial charge in [-0.05, 0) is 13.8 Å². The largest absolute Gasteiger partial charge is 0.448 e. The molecule has 0 spiro atoms. The Balaban J connectivity index is 2.13. The highest BCUT2D eigenvalue weighted by molar-refractivity contribution is 7.17. The van der Waals surface area contributed by atoms with Crippen molar-refractivity contribution in [2.45, 2.75) is 20.0 Å². The summed E-state index contributed by atoms with van der Waals surface area (Å²) in [5.41, 5.74) is 6.25. The van der Waals surface area contributed by atoms with E-state index in [1.54, 1.807) is 6.92 Å². The van der Waals surface area contributed by atoms with Crippen molar-refractivity contribution in [2.24, 2.45) is 5.73 Å². The molecule has 0 radical (unpaired) electrons. The maximum absolute atomic E-state index is 12.2. The summed E-state index contributed by atoms with van der Waals surface area (Å²) < 4.78 is 5.04. The molecule has 0 saturated heterocycles. The highest BCUT2D eigenvalue weighted by atomic mass is 32.1. The van der Waals surface area contributed by atoms with Crippen LogP contribution in [0.4, 0.5) is 4.79 Å². The number of primary amides is 1. The molecule has 3 amide bonds. The molecule has 0 aliphatic heterocycles. The second-order valence-electron chi connectivity index (χ2n) is 4.70. The minimum Gasteiger partial charge on any atom is -0.448 e. The lowest BCUT2D eigenvalue weighted by Gasteiger charge is -2.11. The molecule has 3 N–H and O–H groups in total. The molecule has 7 nitrogen and oxygen atoms in total. The van der Waals surface area contributed by atoms with E-state index in [-0.39, 0.29) is 0 Å². The molecule has 1 aromatic heterocycles. The van der Waals surface area contributed by atoms with E-state index >= 15 is 0 Å². The first-order chi connectivity index (χ1) is 10.9. The number of rotatable bonds is 4. The van der Waals surface area contributed by atoms with E-state index in [0.29, 0.717) is 15.6 Å². The minimum atomic E-state index is -1.14. The predicted octanol–water partition coefficient (Wildman–Crippen LogP) is 1.86. The van der Waals surface area contributed by atoms with Crippen LogP contribution in [0.25, 0.3) is 10.6 Å². The average molecular weight is 333 g/mol. The van der Waals surface area contributed by atoms with Crippen LogP contribution in [0.3, 0.4) is 0 Å². The lowest BCUT2D eigenvalue weighted by Crippen LogP contribution is -2.42. The van der Waals surface area contributed by atoms with Gasteiger partial charge in [-0.15, -0.1) is 11.3 Å². The van der Waals surface area contributed by atoms with Crippen LogP contribution in [0.2, 0.25) is 0 Å². The molecule has 8 heteroatoms. The number of thiazole rings is 1. The van der Waals surface area contributed by atoms with Crippen LogP contribution >= 0.6 is 11.3 Å². The number of hydrogen-bond donors (Lipinski definition) is 2. The number of amides is 3. The Bertz CT molecular complexity index is 742. The number of carbonyl (C=O) groups is 3. The molecule has 0 fully saturated rings. The summed E-state index contributed by atoms with van der Waals surface area (Å²) in [5, 5.41) is 2.54. The fourth-order valence-corrected chi connectivity index (χ4v) is 2.74. The standard InChI is InChI=1S/C15H15N3O4S/c1-8-11(14(20)22-9(2)12(19)18-15(16)21)23-13(17-8)10-6-4-3-5-7-10/h3-7,9H,1-2H3,(H3,16,18,19,21)/t9-/m1/s1. The maximum atomic E-state index is 12.2. The van der Waals surface area contributed by atoms with Crippen molar-refractivity contribution in [3.8, 4) is 10.6 Å². The van der Waals surface area contributed by atoms with Crippen molar-refractivity contribution < 1.29 is 19.1 Å². The molecule has 0 bridgehead atoms. The van der Waals surface area contributed by atoms with Crippen molar-refractivity contribution >= 4 is 29.2 Å². The van der Waals surface area contributed by atoms with Crippen LogP contribution in [-0.4, -0.2) is 29.0 Å². The third kappa shape index (κ3) is 4.13. The van der Waals surface area contributed by atoms with Gasteiger partial charge in [0.1, 0.15) is 9.88 Å². The Morgan fingerprint density at radius 3 is 2.52 bits per heavy atom. The molecule has 2 rings (SSSR count). The van der Waals surface area contributed by atoms with Crippen LogP contribution in [0, 0.1) is 6.92 Å². The smallest absolute Gasteiger partial charge is 0.351 e. The number of nitrogens with zero attached hydrogens (tertiary/aromatic N) is 1. The van der Waals surface area contributed by atoms with Gasteiger partial charge >= 0.3 is 12.0 Å². The van der Waals surface area contributed by atoms with Gasteiger partial charge in [0.05, 0.1) is 5.69 Å². The number of imide groups is 1. The molecule has 1 heterocycles. The fraction of sp³-hybridized carbons (Fsp3) is 0.200. The molecule has 23 heavy (non-hydrogen) atoms. The zero-order valence-electron chi connectivity index (χ0n) is 12.5. The number of carbonyl (C=O) groups excluding carboxylic acids is 3. The molecule has 1 aromatic carbocycles. The SMILES string of the molecule is Cc1nc(-c2ccccc2)sc1C(=O)O[C@H](C)C(=O)NC(N)=O. The molecule has 0 aliphatic carbocycles. The maximum Gasteiger partial charge on any atom is 0.351 e. The predicted molar refractivity (Wildman–Crippen MR) is 84.9 cm³/mol. The van der Waals surface area contributed by atoms with Crippen molar-refractivity contribution in [1.29, 1.82) is 0 Å². The van der Waals surface area contributed by atoms with Gasteiger partial charge in [-0.25, -0.2) is 14.6 Å². The van der Waals surface area contributed by atoms with E-state index in [0.717, 1.165) is 5.56 Å². The van der Waals surface area contributed by atoms with Gasteiger partial charge in [-0.3, -0.25) is 10.1 Å². The number of nitrogens with one attached hydrogen (secondary N) is 1. The Hall–Kier alpha value is -2.74. The van der Waals surface area contributed by atoms with E-state index in [9.17, 15) is 14.4 Å². The Kier molecular flexibility index (Phi) is 5.07. The lowest BCUT2D eigenvalue weighted by atomic mass is 10.2. The van der Waals surface area contributed by atoms with Gasteiger partial charge in [0.2, 0.25) is 0 Å². The summed E-state index contributed by atoms with van der Waals surface area (Å²) in [4.78, 5) is 39.0. The molecule has 1 atom stereocenters. The third-order valence-corrected chi connectivity index (χ3v) is 4.09. The minimum absolute atomic E-state index is 0.308. The van der Waals surface area contributed by atoms with Crippen LogP contribution < -0.4 is 11.1 Å². The van der Waals surface area contributed by atoms with Crippen LogP contribution in [0.5, 0.6) is 0 Å². The second-order valence-corrected chi connectivity index (χ2v) is 5.70. The van der Waals surface area contributed by atoms with Crippen LogP contribution in [-0.2, 0) is 9.53 Å². The Morgan fingerprint density at radius 1 is 1.26 bits per heavy atom. The van der Waals surface area contributed by atoms with Crippen molar-refractivity contribution in [3.05, 3.63) is 40.9 Å². The highest BCUT2D eigenvalue weighted by Gasteiger charge is 2.23. The number of esters is 1. The van der Waals surface area contributed by atoms with Crippen LogP contribution in [0.15, 0.2) is 30.3 Å². The molecule has 0 saturated carbocycles. The molecular weight excluding hydrogens is 318 g/mol. The third-order valence-electron chi connectivity index (χ3n) is 2.90. The summed E-state index contributed by atoms with van der Waals surface area (Å²) in [6.45, 7) is 3.04. The zero-order chi connectivity index (χ0) is 17.0. The first-order valence-electron chi connectivity index (χ1n) is 6.72. The summed E-state index contributed by atoms with van der Waals surface area (Å²) in [7, 11) is 0. The van der Waals surface area contributed by atoms with E-state index in [2.05, 4.69) is 4.98 Å². The van der Waals surface area contributed by atoms with E-state index in [1.165, 1.54) is 18.3 Å². The summed E-state index contributed by atoms with van der Waals surface area (Å²) in [5.74, 6) is -1.45. The number of nitrogens with two attached hydrogens (primary N) is 1. The van der Waals surface area contributed by atoms with Gasteiger partial charge in [0.25, 0.3) is 5.91 Å². The topological polar surface area (TPSA) is 111 Å². The van der Waals surface area contributed by atoms with Gasteiger partial charge in [-0.2, -0.15) is 0 Å². The van der Waals surface area contributed by atoms with E-state index in [1.807, 2.05) is 35.6 Å². The summed E-state index contributed by atoms with van der Waals surface area (Å²) >= 11 is 1.18. The van der Waals surface area contributed by atoms with Crippen LogP contribution in [0.1, 0.15) is 22.3 Å². The summed E-state index contributed by atoms with van der Waals surface area (Å²) in [6.07, 6.45) is -1.14. The number of benzene rings is 1. The monoisotopic (exact) mass is 333 g/mol. The zero-order valence-corrected chi connectivity index (χ0v) is 13.3. The quantitative estimate of drug-likeness (QED) is 0.830. The Labute approximate surface area is 136 Å². The van der Waals surface area contributed by atoms with Gasteiger partial charge in [-0.1, -0.05) is 30.3 Å². The van der Waals surface area contributed by atoms with Gasteiger partial charge < -0.3 is 10.5 Å². The van der Waals surface area contributed by atoms with Crippen molar-refractivity contribution in [1.82, 2.24) is 10.3 Å². The molecule has 120 valence electrons. The Morgan fingerprint density at radius 2 is 1.91 bits per heavy atom. The normalized spacial score (nSPS) is 11.6. The first-order valence-corrected chi connectivity index (χ1v) is 7.54. The summed E-state index contributed by atoms with van der Waals surface area (Å²) in [6, 6.07) is 8.41. The van der Waals surface area contributed by atoms with Gasteiger partial charge in [0.15, 0.2) is 6.10 Å².